The molecule has 1 N–H and O–H groups in total. The molecule has 4 heteroatoms. The van der Waals surface area contributed by atoms with Crippen molar-refractivity contribution in [3.05, 3.63) is 0 Å². The monoisotopic (exact) mass is 242 g/mol. The average molecular weight is 242 g/mol. The topological polar surface area (TPSA) is 50.7 Å². The van der Waals surface area contributed by atoms with E-state index < -0.39 is 5.60 Å². The van der Waals surface area contributed by atoms with Crippen LogP contribution in [0, 0.1) is 0 Å². The van der Waals surface area contributed by atoms with Gasteiger partial charge >= 0.3 is 6.09 Å². The Morgan fingerprint density at radius 2 is 1.88 bits per heavy atom. The van der Waals surface area contributed by atoms with Crippen LogP contribution in [0.1, 0.15) is 53.4 Å². The lowest BCUT2D eigenvalue weighted by molar-refractivity contribution is 0.0527. The number of ether oxygens (including phenoxy) is 1. The minimum absolute atomic E-state index is 0.326. The number of nitrogens with one attached hydrogen (secondary N) is 1. The Labute approximate surface area is 105 Å². The Morgan fingerprint density at radius 3 is 2.47 bits per heavy atom. The van der Waals surface area contributed by atoms with E-state index in [9.17, 15) is 4.79 Å². The number of hydrogen-bond donors (Lipinski definition) is 1. The van der Waals surface area contributed by atoms with E-state index in [1.54, 1.807) is 0 Å². The molecule has 1 amide bonds. The fourth-order valence-electron chi connectivity index (χ4n) is 1.32. The molecule has 0 aliphatic carbocycles. The van der Waals surface area contributed by atoms with E-state index in [2.05, 4.69) is 10.3 Å². The van der Waals surface area contributed by atoms with E-state index >= 15 is 0 Å². The molecule has 0 radical (unpaired) electrons. The summed E-state index contributed by atoms with van der Waals surface area (Å²) in [6.07, 6.45) is 5.91. The molecular weight excluding hydrogens is 216 g/mol. The van der Waals surface area contributed by atoms with Crippen LogP contribution in [0.3, 0.4) is 0 Å². The summed E-state index contributed by atoms with van der Waals surface area (Å²) in [5, 5.41) is 2.75. The van der Waals surface area contributed by atoms with Gasteiger partial charge in [0.05, 0.1) is 0 Å². The Morgan fingerprint density at radius 1 is 1.24 bits per heavy atom. The lowest BCUT2D eigenvalue weighted by atomic mass is 10.2. The van der Waals surface area contributed by atoms with Crippen molar-refractivity contribution in [1.82, 2.24) is 5.32 Å². The van der Waals surface area contributed by atoms with Gasteiger partial charge in [-0.2, -0.15) is 0 Å². The van der Waals surface area contributed by atoms with Crippen LogP contribution in [-0.2, 0) is 4.74 Å². The van der Waals surface area contributed by atoms with Gasteiger partial charge in [0.1, 0.15) is 5.60 Å². The summed E-state index contributed by atoms with van der Waals surface area (Å²) in [6.45, 7) is 9.12. The van der Waals surface area contributed by atoms with Gasteiger partial charge in [-0.25, -0.2) is 4.79 Å². The smallest absolute Gasteiger partial charge is 0.407 e. The molecule has 0 atom stereocenters. The largest absolute Gasteiger partial charge is 0.444 e. The Balaban J connectivity index is 3.31. The van der Waals surface area contributed by atoms with Gasteiger partial charge in [-0.3, -0.25) is 4.99 Å². The van der Waals surface area contributed by atoms with Gasteiger partial charge in [0, 0.05) is 13.1 Å². The van der Waals surface area contributed by atoms with Gasteiger partial charge in [0.15, 0.2) is 0 Å². The third-order valence-corrected chi connectivity index (χ3v) is 2.06. The van der Waals surface area contributed by atoms with Crippen molar-refractivity contribution in [2.24, 2.45) is 4.99 Å². The maximum absolute atomic E-state index is 11.3. The van der Waals surface area contributed by atoms with Crippen molar-refractivity contribution in [3.8, 4) is 0 Å². The van der Waals surface area contributed by atoms with Crippen molar-refractivity contribution < 1.29 is 9.53 Å². The third-order valence-electron chi connectivity index (χ3n) is 2.06. The summed E-state index contributed by atoms with van der Waals surface area (Å²) in [4.78, 5) is 15.4. The van der Waals surface area contributed by atoms with Gasteiger partial charge in [0.25, 0.3) is 0 Å². The van der Waals surface area contributed by atoms with Crippen molar-refractivity contribution in [2.75, 3.05) is 13.1 Å². The summed E-state index contributed by atoms with van der Waals surface area (Å²) in [5.74, 6) is 0. The summed E-state index contributed by atoms with van der Waals surface area (Å²) < 4.78 is 5.13. The summed E-state index contributed by atoms with van der Waals surface area (Å²) in [5.41, 5.74) is -0.414. The van der Waals surface area contributed by atoms with Crippen LogP contribution < -0.4 is 5.32 Å². The van der Waals surface area contributed by atoms with Crippen LogP contribution >= 0.6 is 0 Å². The van der Waals surface area contributed by atoms with E-state index in [1.165, 1.54) is 0 Å². The molecule has 0 heterocycles. The van der Waals surface area contributed by atoms with Crippen LogP contribution in [-0.4, -0.2) is 31.0 Å². The molecule has 0 rings (SSSR count). The molecule has 4 nitrogen and oxygen atoms in total. The highest BCUT2D eigenvalue weighted by atomic mass is 16.6. The number of nitrogens with zero attached hydrogens (tertiary/aromatic N) is 1. The van der Waals surface area contributed by atoms with E-state index in [4.69, 9.17) is 4.74 Å². The molecule has 0 unspecified atom stereocenters. The van der Waals surface area contributed by atoms with Crippen LogP contribution in [0.25, 0.3) is 0 Å². The number of carbonyl (C=O) groups excluding carboxylic acids is 1. The molecule has 0 fully saturated rings. The van der Waals surface area contributed by atoms with Crippen LogP contribution in [0.4, 0.5) is 4.79 Å². The average Bonchev–Trinajstić information content (AvgIpc) is 2.19. The number of carbonyl (C=O) groups is 1. The zero-order valence-electron chi connectivity index (χ0n) is 11.6. The van der Waals surface area contributed by atoms with Crippen molar-refractivity contribution in [2.45, 2.75) is 59.0 Å². The highest BCUT2D eigenvalue weighted by Crippen LogP contribution is 2.06. The third kappa shape index (κ3) is 12.9. The zero-order valence-corrected chi connectivity index (χ0v) is 11.6. The Bertz CT molecular complexity index is 232. The normalized spacial score (nSPS) is 11.8. The van der Waals surface area contributed by atoms with Gasteiger partial charge < -0.3 is 10.1 Å². The lowest BCUT2D eigenvalue weighted by Crippen LogP contribution is -2.32. The summed E-state index contributed by atoms with van der Waals surface area (Å²) in [7, 11) is 0. The van der Waals surface area contributed by atoms with Gasteiger partial charge in [-0.15, -0.1) is 0 Å². The molecule has 0 spiro atoms. The molecule has 0 aromatic carbocycles. The molecule has 0 aliphatic heterocycles. The van der Waals surface area contributed by atoms with Gasteiger partial charge in [-0.05, 0) is 46.8 Å². The molecule has 0 aromatic rings. The predicted octanol–water partition coefficient (Wildman–Crippen LogP) is 3.16. The minimum atomic E-state index is -0.414. The molecule has 0 aliphatic rings. The number of amides is 1. The van der Waals surface area contributed by atoms with E-state index in [-0.39, 0.29) is 6.09 Å². The van der Waals surface area contributed by atoms with E-state index in [1.807, 2.05) is 33.9 Å². The first-order chi connectivity index (χ1) is 7.95. The number of hydrogen-bond acceptors (Lipinski definition) is 3. The molecule has 0 aromatic heterocycles. The zero-order chi connectivity index (χ0) is 13.1. The van der Waals surface area contributed by atoms with Crippen molar-refractivity contribution in [1.29, 1.82) is 0 Å². The fourth-order valence-corrected chi connectivity index (χ4v) is 1.32. The first-order valence-electron chi connectivity index (χ1n) is 6.37. The summed E-state index contributed by atoms with van der Waals surface area (Å²) in [6, 6.07) is 0. The van der Waals surface area contributed by atoms with Gasteiger partial charge in [-0.1, -0.05) is 12.8 Å². The van der Waals surface area contributed by atoms with Crippen LogP contribution in [0.2, 0.25) is 0 Å². The number of rotatable bonds is 7. The van der Waals surface area contributed by atoms with Crippen molar-refractivity contribution >= 4 is 12.3 Å². The molecule has 100 valence electrons. The second-order valence-corrected chi connectivity index (χ2v) is 5.01. The fraction of sp³-hybridized carbons (Fsp3) is 0.846. The first-order valence-corrected chi connectivity index (χ1v) is 6.37. The van der Waals surface area contributed by atoms with Crippen molar-refractivity contribution in [3.63, 3.8) is 0 Å². The SMILES string of the molecule is CC=NCCCCCCNC(=O)OC(C)(C)C. The van der Waals surface area contributed by atoms with Gasteiger partial charge in [0.2, 0.25) is 0 Å². The lowest BCUT2D eigenvalue weighted by Gasteiger charge is -2.19. The molecule has 0 bridgehead atoms. The maximum atomic E-state index is 11.3. The maximum Gasteiger partial charge on any atom is 0.407 e. The Hall–Kier alpha value is -1.06. The number of aliphatic imine (C=N–C) groups is 1. The second kappa shape index (κ2) is 9.02. The quantitative estimate of drug-likeness (QED) is 0.550. The van der Waals surface area contributed by atoms with Crippen LogP contribution in [0.15, 0.2) is 4.99 Å². The predicted molar refractivity (Wildman–Crippen MR) is 71.7 cm³/mol. The highest BCUT2D eigenvalue weighted by Gasteiger charge is 2.15. The molecule has 0 saturated heterocycles. The molecular formula is C13H26N2O2. The summed E-state index contributed by atoms with van der Waals surface area (Å²) >= 11 is 0. The number of alkyl carbamates (subject to hydrolysis) is 1. The molecule has 17 heavy (non-hydrogen) atoms. The first kappa shape index (κ1) is 15.9. The Kier molecular flexibility index (Phi) is 8.46. The van der Waals surface area contributed by atoms with E-state index in [0.717, 1.165) is 32.2 Å². The number of unbranched alkanes of at least 4 members (excludes halogenated alkanes) is 3. The van der Waals surface area contributed by atoms with Crippen LogP contribution in [0.5, 0.6) is 0 Å². The standard InChI is InChI=1S/C13H26N2O2/c1-5-14-10-8-6-7-9-11-15-12(16)17-13(2,3)4/h5H,6-11H2,1-4H3,(H,15,16). The minimum Gasteiger partial charge on any atom is -0.444 e. The highest BCUT2D eigenvalue weighted by molar-refractivity contribution is 5.67. The second-order valence-electron chi connectivity index (χ2n) is 5.01. The molecule has 0 saturated carbocycles. The van der Waals surface area contributed by atoms with E-state index in [0.29, 0.717) is 6.54 Å².